The average molecular weight is 297 g/mol. The van der Waals surface area contributed by atoms with E-state index in [1.807, 2.05) is 44.2 Å². The zero-order chi connectivity index (χ0) is 16.5. The van der Waals surface area contributed by atoms with Crippen LogP contribution in [0, 0.1) is 19.1 Å². The van der Waals surface area contributed by atoms with Gasteiger partial charge in [0.2, 0.25) is 0 Å². The van der Waals surface area contributed by atoms with Gasteiger partial charge in [-0.3, -0.25) is 4.79 Å². The number of amides is 1. The number of hydrogen-bond acceptors (Lipinski definition) is 2. The van der Waals surface area contributed by atoms with E-state index in [9.17, 15) is 9.59 Å². The second-order valence-corrected chi connectivity index (χ2v) is 4.95. The third-order valence-corrected chi connectivity index (χ3v) is 2.66. The minimum atomic E-state index is -1.04. The summed E-state index contributed by atoms with van der Waals surface area (Å²) in [7, 11) is 0. The van der Waals surface area contributed by atoms with Crippen molar-refractivity contribution in [2.75, 3.05) is 0 Å². The Balaban J connectivity index is 0.000000335. The first kappa shape index (κ1) is 17.4. The highest BCUT2D eigenvalue weighted by atomic mass is 16.4. The Morgan fingerprint density at radius 2 is 1.82 bits per heavy atom. The maximum absolute atomic E-state index is 11.6. The number of rotatable bonds is 3. The maximum Gasteiger partial charge on any atom is 0.335 e. The van der Waals surface area contributed by atoms with Crippen LogP contribution in [0.1, 0.15) is 40.1 Å². The molecule has 0 saturated heterocycles. The predicted octanol–water partition coefficient (Wildman–Crippen LogP) is 3.12. The number of carbonyl (C=O) groups excluding carboxylic acids is 1. The molecular formula is C18H19NO3. The largest absolute Gasteiger partial charge is 0.478 e. The van der Waals surface area contributed by atoms with Crippen LogP contribution in [0.5, 0.6) is 0 Å². The molecule has 1 amide bonds. The van der Waals surface area contributed by atoms with Gasteiger partial charge < -0.3 is 10.4 Å². The number of hydrogen-bond donors (Lipinski definition) is 2. The van der Waals surface area contributed by atoms with Crippen LogP contribution in [-0.4, -0.2) is 23.0 Å². The van der Waals surface area contributed by atoms with E-state index in [0.29, 0.717) is 5.56 Å². The number of nitrogens with one attached hydrogen (secondary N) is 1. The molecule has 0 saturated carbocycles. The fourth-order valence-electron chi connectivity index (χ4n) is 1.61. The van der Waals surface area contributed by atoms with E-state index >= 15 is 0 Å². The van der Waals surface area contributed by atoms with Gasteiger partial charge in [-0.15, -0.1) is 0 Å². The van der Waals surface area contributed by atoms with Crippen LogP contribution in [0.4, 0.5) is 0 Å². The molecule has 22 heavy (non-hydrogen) atoms. The van der Waals surface area contributed by atoms with Crippen molar-refractivity contribution in [2.24, 2.45) is 0 Å². The first-order valence-corrected chi connectivity index (χ1v) is 6.89. The molecule has 2 aromatic rings. The van der Waals surface area contributed by atoms with Crippen molar-refractivity contribution < 1.29 is 14.7 Å². The average Bonchev–Trinajstić information content (AvgIpc) is 2.49. The highest BCUT2D eigenvalue weighted by Gasteiger charge is 2.12. The monoisotopic (exact) mass is 297 g/mol. The molecule has 0 heterocycles. The molecule has 0 aliphatic rings. The van der Waals surface area contributed by atoms with Crippen molar-refractivity contribution >= 4 is 11.9 Å². The summed E-state index contributed by atoms with van der Waals surface area (Å²) >= 11 is 0. The number of carboxylic acid groups (broad SMARTS) is 1. The number of aromatic carboxylic acids is 1. The van der Waals surface area contributed by atoms with Crippen molar-refractivity contribution in [3.63, 3.8) is 0 Å². The van der Waals surface area contributed by atoms with Gasteiger partial charge in [0.25, 0.3) is 5.91 Å². The third-order valence-electron chi connectivity index (χ3n) is 2.66. The van der Waals surface area contributed by atoms with Crippen LogP contribution >= 0.6 is 0 Å². The van der Waals surface area contributed by atoms with Crippen molar-refractivity contribution in [1.82, 2.24) is 5.32 Å². The molecule has 0 bridgehead atoms. The summed E-state index contributed by atoms with van der Waals surface area (Å²) in [5.74, 6) is -1.34. The maximum atomic E-state index is 11.6. The summed E-state index contributed by atoms with van der Waals surface area (Å²) < 4.78 is 0. The lowest BCUT2D eigenvalue weighted by atomic mass is 10.0. The van der Waals surface area contributed by atoms with Crippen molar-refractivity contribution in [3.8, 4) is 0 Å². The molecule has 0 atom stereocenters. The molecule has 4 heteroatoms. The quantitative estimate of drug-likeness (QED) is 0.914. The minimum Gasteiger partial charge on any atom is -0.478 e. The zero-order valence-corrected chi connectivity index (χ0v) is 12.9. The van der Waals surface area contributed by atoms with E-state index in [1.165, 1.54) is 12.1 Å². The van der Waals surface area contributed by atoms with E-state index in [0.717, 1.165) is 0 Å². The molecule has 4 nitrogen and oxygen atoms in total. The third kappa shape index (κ3) is 5.79. The van der Waals surface area contributed by atoms with Gasteiger partial charge in [0.05, 0.1) is 5.56 Å². The SMILES string of the molecule is Cc1c[c]c(C(=O)NC(C)C)cc1C(=O)O.[c]1ccccc1. The molecule has 0 aromatic heterocycles. The smallest absolute Gasteiger partial charge is 0.335 e. The second kappa shape index (κ2) is 8.62. The Labute approximate surface area is 130 Å². The van der Waals surface area contributed by atoms with Gasteiger partial charge >= 0.3 is 5.97 Å². The summed E-state index contributed by atoms with van der Waals surface area (Å²) in [6, 6.07) is 18.1. The predicted molar refractivity (Wildman–Crippen MR) is 84.9 cm³/mol. The van der Waals surface area contributed by atoms with E-state index in [4.69, 9.17) is 5.11 Å². The van der Waals surface area contributed by atoms with Crippen LogP contribution in [-0.2, 0) is 0 Å². The second-order valence-electron chi connectivity index (χ2n) is 4.95. The summed E-state index contributed by atoms with van der Waals surface area (Å²) in [6.45, 7) is 5.35. The molecule has 2 N–H and O–H groups in total. The first-order chi connectivity index (χ1) is 10.4. The van der Waals surface area contributed by atoms with Gasteiger partial charge in [-0.05, 0) is 50.6 Å². The lowest BCUT2D eigenvalue weighted by molar-refractivity contribution is 0.0696. The van der Waals surface area contributed by atoms with Crippen molar-refractivity contribution in [1.29, 1.82) is 0 Å². The number of aryl methyl sites for hydroxylation is 1. The van der Waals surface area contributed by atoms with Crippen molar-refractivity contribution in [3.05, 3.63) is 71.3 Å². The molecule has 2 aromatic carbocycles. The topological polar surface area (TPSA) is 66.4 Å². The molecular weight excluding hydrogens is 278 g/mol. The fourth-order valence-corrected chi connectivity index (χ4v) is 1.61. The van der Waals surface area contributed by atoms with E-state index in [-0.39, 0.29) is 23.1 Å². The van der Waals surface area contributed by atoms with Crippen LogP contribution in [0.2, 0.25) is 0 Å². The lowest BCUT2D eigenvalue weighted by Crippen LogP contribution is -2.30. The van der Waals surface area contributed by atoms with Gasteiger partial charge in [-0.1, -0.05) is 30.3 Å². The van der Waals surface area contributed by atoms with Gasteiger partial charge in [0.1, 0.15) is 0 Å². The number of carbonyl (C=O) groups is 2. The van der Waals surface area contributed by atoms with Crippen LogP contribution in [0.25, 0.3) is 0 Å². The molecule has 0 spiro atoms. The molecule has 0 fully saturated rings. The van der Waals surface area contributed by atoms with Gasteiger partial charge in [-0.25, -0.2) is 4.79 Å². The highest BCUT2D eigenvalue weighted by molar-refractivity contribution is 5.98. The molecule has 0 aliphatic heterocycles. The fraction of sp³-hybridized carbons (Fsp3) is 0.222. The first-order valence-electron chi connectivity index (χ1n) is 6.89. The zero-order valence-electron chi connectivity index (χ0n) is 12.9. The molecule has 114 valence electrons. The van der Waals surface area contributed by atoms with Crippen molar-refractivity contribution in [2.45, 2.75) is 26.8 Å². The van der Waals surface area contributed by atoms with Gasteiger partial charge in [0.15, 0.2) is 0 Å². The number of benzene rings is 2. The minimum absolute atomic E-state index is 0.00970. The van der Waals surface area contributed by atoms with Crippen LogP contribution in [0.15, 0.2) is 42.5 Å². The summed E-state index contributed by atoms with van der Waals surface area (Å²) in [5.41, 5.74) is 0.970. The summed E-state index contributed by atoms with van der Waals surface area (Å²) in [5, 5.41) is 11.6. The van der Waals surface area contributed by atoms with Crippen LogP contribution in [0.3, 0.4) is 0 Å². The van der Waals surface area contributed by atoms with Crippen LogP contribution < -0.4 is 5.32 Å². The molecule has 2 rings (SSSR count). The normalized spacial score (nSPS) is 9.64. The Morgan fingerprint density at radius 1 is 1.18 bits per heavy atom. The van der Waals surface area contributed by atoms with Gasteiger partial charge in [0, 0.05) is 11.6 Å². The van der Waals surface area contributed by atoms with Gasteiger partial charge in [-0.2, -0.15) is 0 Å². The number of carboxylic acids is 1. The molecule has 2 radical (unpaired) electrons. The molecule has 0 aliphatic carbocycles. The summed E-state index contributed by atoms with van der Waals surface area (Å²) in [4.78, 5) is 22.5. The van der Waals surface area contributed by atoms with E-state index in [2.05, 4.69) is 17.4 Å². The highest BCUT2D eigenvalue weighted by Crippen LogP contribution is 2.10. The van der Waals surface area contributed by atoms with E-state index < -0.39 is 5.97 Å². The lowest BCUT2D eigenvalue weighted by Gasteiger charge is -2.09. The Bertz CT molecular complexity index is 595. The Morgan fingerprint density at radius 3 is 2.23 bits per heavy atom. The van der Waals surface area contributed by atoms with E-state index in [1.54, 1.807) is 6.92 Å². The summed E-state index contributed by atoms with van der Waals surface area (Å²) in [6.07, 6.45) is 0. The molecule has 0 unspecified atom stereocenters. The Kier molecular flexibility index (Phi) is 6.83. The Hall–Kier alpha value is -2.62. The standard InChI is InChI=1S/C12H14NO3.C6H5/c1-7(2)13-11(14)9-5-4-8(3)10(6-9)12(15)16;1-2-4-6-5-3-1/h4,6-7H,1-3H3,(H,13,14)(H,15,16);1-5H.